The number of ketones is 1. The fourth-order valence-electron chi connectivity index (χ4n) is 3.17. The predicted octanol–water partition coefficient (Wildman–Crippen LogP) is 4.01. The van der Waals surface area contributed by atoms with E-state index in [1.165, 1.54) is 6.08 Å². The normalized spacial score (nSPS) is 12.2. The van der Waals surface area contributed by atoms with Gasteiger partial charge in [0.25, 0.3) is 0 Å². The van der Waals surface area contributed by atoms with Crippen LogP contribution in [0, 0.1) is 0 Å². The quantitative estimate of drug-likeness (QED) is 0.491. The van der Waals surface area contributed by atoms with Gasteiger partial charge in [0, 0.05) is 43.7 Å². The zero-order valence-corrected chi connectivity index (χ0v) is 17.3. The molecule has 0 saturated carbocycles. The van der Waals surface area contributed by atoms with Crippen LogP contribution in [0.5, 0.6) is 5.75 Å². The highest BCUT2D eigenvalue weighted by Gasteiger charge is 2.10. The maximum absolute atomic E-state index is 12.1. The standard InChI is InChI=1S/C25H28N2O3/c1-27-16-5-8-22(27)11-13-24(29)19-23(28)12-10-20-6-4-9-25(18-20)30-17-14-21-7-2-3-15-26-21/h2-9,11,13,15-16,18,23,28H,10,12,14,17,19H2,1H3/b13-11+. The van der Waals surface area contributed by atoms with E-state index in [4.69, 9.17) is 4.74 Å². The van der Waals surface area contributed by atoms with Gasteiger partial charge in [-0.2, -0.15) is 0 Å². The van der Waals surface area contributed by atoms with Gasteiger partial charge in [-0.1, -0.05) is 18.2 Å². The average Bonchev–Trinajstić information content (AvgIpc) is 3.17. The number of hydrogen-bond acceptors (Lipinski definition) is 4. The molecule has 0 amide bonds. The van der Waals surface area contributed by atoms with Gasteiger partial charge in [0.1, 0.15) is 5.75 Å². The Hall–Kier alpha value is -3.18. The van der Waals surface area contributed by atoms with Gasteiger partial charge in [-0.3, -0.25) is 9.78 Å². The minimum atomic E-state index is -0.663. The smallest absolute Gasteiger partial charge is 0.158 e. The first-order chi connectivity index (χ1) is 14.6. The molecule has 2 heterocycles. The van der Waals surface area contributed by atoms with Gasteiger partial charge in [0.15, 0.2) is 5.78 Å². The molecular weight excluding hydrogens is 376 g/mol. The van der Waals surface area contributed by atoms with Gasteiger partial charge < -0.3 is 14.4 Å². The predicted molar refractivity (Wildman–Crippen MR) is 118 cm³/mol. The third-order valence-electron chi connectivity index (χ3n) is 4.88. The molecule has 156 valence electrons. The number of pyridine rings is 1. The highest BCUT2D eigenvalue weighted by Crippen LogP contribution is 2.16. The number of ether oxygens (including phenoxy) is 1. The Labute approximate surface area is 177 Å². The van der Waals surface area contributed by atoms with Crippen LogP contribution in [0.3, 0.4) is 0 Å². The fraction of sp³-hybridized carbons (Fsp3) is 0.280. The third kappa shape index (κ3) is 7.01. The largest absolute Gasteiger partial charge is 0.493 e. The van der Waals surface area contributed by atoms with Crippen molar-refractivity contribution in [3.63, 3.8) is 0 Å². The average molecular weight is 405 g/mol. The Morgan fingerprint density at radius 1 is 1.17 bits per heavy atom. The van der Waals surface area contributed by atoms with Crippen molar-refractivity contribution in [3.8, 4) is 5.75 Å². The molecule has 1 N–H and O–H groups in total. The number of nitrogens with zero attached hydrogens (tertiary/aromatic N) is 2. The number of aromatic nitrogens is 2. The van der Waals surface area contributed by atoms with Crippen LogP contribution in [-0.2, 0) is 24.7 Å². The lowest BCUT2D eigenvalue weighted by Gasteiger charge is -2.10. The molecule has 5 nitrogen and oxygen atoms in total. The summed E-state index contributed by atoms with van der Waals surface area (Å²) in [6, 6.07) is 17.6. The lowest BCUT2D eigenvalue weighted by atomic mass is 10.0. The molecule has 0 radical (unpaired) electrons. The summed E-state index contributed by atoms with van der Waals surface area (Å²) in [5.74, 6) is 0.731. The van der Waals surface area contributed by atoms with E-state index in [9.17, 15) is 9.90 Å². The van der Waals surface area contributed by atoms with Crippen molar-refractivity contribution in [1.82, 2.24) is 9.55 Å². The van der Waals surface area contributed by atoms with Gasteiger partial charge in [-0.15, -0.1) is 0 Å². The molecule has 1 atom stereocenters. The molecule has 1 aromatic carbocycles. The fourth-order valence-corrected chi connectivity index (χ4v) is 3.17. The van der Waals surface area contributed by atoms with Crippen molar-refractivity contribution in [3.05, 3.63) is 90.0 Å². The van der Waals surface area contributed by atoms with E-state index < -0.39 is 6.10 Å². The molecule has 2 aromatic heterocycles. The summed E-state index contributed by atoms with van der Waals surface area (Å²) in [5.41, 5.74) is 3.04. The molecule has 5 heteroatoms. The molecule has 3 aromatic rings. The van der Waals surface area contributed by atoms with Crippen LogP contribution in [0.15, 0.2) is 73.1 Å². The molecule has 0 aliphatic carbocycles. The summed E-state index contributed by atoms with van der Waals surface area (Å²) in [6.07, 6.45) is 8.45. The summed E-state index contributed by atoms with van der Waals surface area (Å²) >= 11 is 0. The number of allylic oxidation sites excluding steroid dienone is 1. The van der Waals surface area contributed by atoms with Gasteiger partial charge >= 0.3 is 0 Å². The first-order valence-electron chi connectivity index (χ1n) is 10.2. The van der Waals surface area contributed by atoms with E-state index in [1.54, 1.807) is 12.3 Å². The highest BCUT2D eigenvalue weighted by atomic mass is 16.5. The first kappa shape index (κ1) is 21.5. The minimum absolute atomic E-state index is 0.0738. The van der Waals surface area contributed by atoms with E-state index in [-0.39, 0.29) is 12.2 Å². The first-order valence-corrected chi connectivity index (χ1v) is 10.2. The van der Waals surface area contributed by atoms with Crippen LogP contribution in [0.4, 0.5) is 0 Å². The number of aryl methyl sites for hydroxylation is 2. The highest BCUT2D eigenvalue weighted by molar-refractivity contribution is 5.93. The lowest BCUT2D eigenvalue weighted by molar-refractivity contribution is -0.116. The second-order valence-electron chi connectivity index (χ2n) is 7.31. The molecule has 3 rings (SSSR count). The zero-order valence-electron chi connectivity index (χ0n) is 17.3. The molecule has 0 bridgehead atoms. The molecular formula is C25H28N2O3. The molecule has 0 aliphatic heterocycles. The molecule has 0 saturated heterocycles. The van der Waals surface area contributed by atoms with Crippen LogP contribution in [0.1, 0.15) is 29.8 Å². The van der Waals surface area contributed by atoms with Crippen LogP contribution >= 0.6 is 0 Å². The SMILES string of the molecule is Cn1cccc1/C=C/C(=O)CC(O)CCc1cccc(OCCc2ccccn2)c1. The topological polar surface area (TPSA) is 64.4 Å². The summed E-state index contributed by atoms with van der Waals surface area (Å²) < 4.78 is 7.77. The van der Waals surface area contributed by atoms with Crippen molar-refractivity contribution in [2.75, 3.05) is 6.61 Å². The maximum Gasteiger partial charge on any atom is 0.158 e. The monoisotopic (exact) mass is 404 g/mol. The number of carbonyl (C=O) groups excluding carboxylic acids is 1. The lowest BCUT2D eigenvalue weighted by Crippen LogP contribution is -2.13. The molecule has 30 heavy (non-hydrogen) atoms. The van der Waals surface area contributed by atoms with E-state index in [0.717, 1.165) is 29.1 Å². The summed E-state index contributed by atoms with van der Waals surface area (Å²) in [4.78, 5) is 16.4. The number of rotatable bonds is 11. The number of hydrogen-bond donors (Lipinski definition) is 1. The zero-order chi connectivity index (χ0) is 21.2. The Bertz CT molecular complexity index is 963. The van der Waals surface area contributed by atoms with Crippen LogP contribution in [0.25, 0.3) is 6.08 Å². The molecule has 0 fully saturated rings. The van der Waals surface area contributed by atoms with Crippen LogP contribution in [-0.4, -0.2) is 33.2 Å². The second-order valence-corrected chi connectivity index (χ2v) is 7.31. The minimum Gasteiger partial charge on any atom is -0.493 e. The van der Waals surface area contributed by atoms with Crippen molar-refractivity contribution in [1.29, 1.82) is 0 Å². The van der Waals surface area contributed by atoms with Crippen molar-refractivity contribution in [2.24, 2.45) is 7.05 Å². The van der Waals surface area contributed by atoms with Gasteiger partial charge in [0.2, 0.25) is 0 Å². The summed E-state index contributed by atoms with van der Waals surface area (Å²) in [6.45, 7) is 0.561. The van der Waals surface area contributed by atoms with Gasteiger partial charge in [-0.25, -0.2) is 0 Å². The number of aliphatic hydroxyl groups is 1. The molecule has 0 spiro atoms. The number of benzene rings is 1. The van der Waals surface area contributed by atoms with E-state index in [0.29, 0.717) is 19.4 Å². The van der Waals surface area contributed by atoms with Crippen LogP contribution in [0.2, 0.25) is 0 Å². The number of carbonyl (C=O) groups is 1. The van der Waals surface area contributed by atoms with E-state index in [1.807, 2.05) is 72.4 Å². The Morgan fingerprint density at radius 3 is 2.83 bits per heavy atom. The summed E-state index contributed by atoms with van der Waals surface area (Å²) in [5, 5.41) is 10.2. The maximum atomic E-state index is 12.1. The Morgan fingerprint density at radius 2 is 2.07 bits per heavy atom. The number of aliphatic hydroxyl groups excluding tert-OH is 1. The molecule has 0 aliphatic rings. The van der Waals surface area contributed by atoms with Crippen molar-refractivity contribution >= 4 is 11.9 Å². The van der Waals surface area contributed by atoms with Crippen molar-refractivity contribution in [2.45, 2.75) is 31.8 Å². The van der Waals surface area contributed by atoms with Gasteiger partial charge in [0.05, 0.1) is 12.7 Å². The Kier molecular flexibility index (Phi) is 7.98. The third-order valence-corrected chi connectivity index (χ3v) is 4.88. The van der Waals surface area contributed by atoms with Crippen molar-refractivity contribution < 1.29 is 14.6 Å². The second kappa shape index (κ2) is 11.1. The van der Waals surface area contributed by atoms with Crippen LogP contribution < -0.4 is 4.74 Å². The van der Waals surface area contributed by atoms with E-state index >= 15 is 0 Å². The molecule has 1 unspecified atom stereocenters. The van der Waals surface area contributed by atoms with Gasteiger partial charge in [-0.05, 0) is 67.0 Å². The van der Waals surface area contributed by atoms with E-state index in [2.05, 4.69) is 4.98 Å². The Balaban J connectivity index is 1.41. The summed E-state index contributed by atoms with van der Waals surface area (Å²) in [7, 11) is 1.93.